The van der Waals surface area contributed by atoms with Crippen LogP contribution in [0.4, 0.5) is 0 Å². The molecule has 0 radical (unpaired) electrons. The average molecular weight is 362 g/mol. The first-order chi connectivity index (χ1) is 10.6. The third-order valence-electron chi connectivity index (χ3n) is 3.15. The van der Waals surface area contributed by atoms with Crippen LogP contribution >= 0.6 is 15.9 Å². The van der Waals surface area contributed by atoms with Crippen molar-refractivity contribution in [1.29, 1.82) is 0 Å². The van der Waals surface area contributed by atoms with Crippen molar-refractivity contribution in [3.63, 3.8) is 0 Å². The zero-order valence-electron chi connectivity index (χ0n) is 11.8. The first-order valence-electron chi connectivity index (χ1n) is 6.78. The minimum atomic E-state index is -0.767. The molecule has 0 saturated carbocycles. The molecule has 0 fully saturated rings. The van der Waals surface area contributed by atoms with Crippen molar-refractivity contribution >= 4 is 27.7 Å². The minimum Gasteiger partial charge on any atom is -0.368 e. The van der Waals surface area contributed by atoms with E-state index in [1.807, 2.05) is 36.4 Å². The third kappa shape index (κ3) is 4.66. The van der Waals surface area contributed by atoms with Crippen LogP contribution in [0, 0.1) is 0 Å². The summed E-state index contributed by atoms with van der Waals surface area (Å²) >= 11 is 3.32. The van der Waals surface area contributed by atoms with Gasteiger partial charge in [0.05, 0.1) is 6.42 Å². The molecule has 1 aromatic carbocycles. The molecule has 1 atom stereocenters. The normalized spacial score (nSPS) is 11.7. The number of nitrogens with two attached hydrogens (primary N) is 1. The molecule has 114 valence electrons. The van der Waals surface area contributed by atoms with Gasteiger partial charge < -0.3 is 11.1 Å². The highest BCUT2D eigenvalue weighted by atomic mass is 79.9. The molecule has 5 nitrogen and oxygen atoms in total. The van der Waals surface area contributed by atoms with E-state index in [2.05, 4.69) is 26.2 Å². The number of amides is 2. The van der Waals surface area contributed by atoms with E-state index in [0.29, 0.717) is 11.0 Å². The largest absolute Gasteiger partial charge is 0.368 e. The molecule has 0 aliphatic rings. The summed E-state index contributed by atoms with van der Waals surface area (Å²) in [6.07, 6.45) is 2.14. The van der Waals surface area contributed by atoms with Crippen LogP contribution in [0.15, 0.2) is 53.3 Å². The van der Waals surface area contributed by atoms with Crippen molar-refractivity contribution < 1.29 is 9.59 Å². The molecule has 3 N–H and O–H groups in total. The molecule has 2 rings (SSSR count). The second kappa shape index (κ2) is 7.70. The lowest BCUT2D eigenvalue weighted by Crippen LogP contribution is -2.46. The average Bonchev–Trinajstić information content (AvgIpc) is 2.49. The van der Waals surface area contributed by atoms with Crippen LogP contribution < -0.4 is 11.1 Å². The summed E-state index contributed by atoms with van der Waals surface area (Å²) in [7, 11) is 0. The van der Waals surface area contributed by atoms with Gasteiger partial charge in [0.25, 0.3) is 0 Å². The van der Waals surface area contributed by atoms with Gasteiger partial charge in [-0.15, -0.1) is 0 Å². The van der Waals surface area contributed by atoms with Crippen LogP contribution in [0.25, 0.3) is 0 Å². The molecule has 0 aliphatic carbocycles. The van der Waals surface area contributed by atoms with Crippen LogP contribution in [0.5, 0.6) is 0 Å². The SMILES string of the molecule is NC(=O)[C@H](Cc1cccnc1Br)NC(=O)Cc1ccccc1. The number of carbonyl (C=O) groups excluding carboxylic acids is 2. The molecule has 1 heterocycles. The Bertz CT molecular complexity index is 661. The predicted octanol–water partition coefficient (Wildman–Crippen LogP) is 1.60. The Hall–Kier alpha value is -2.21. The highest BCUT2D eigenvalue weighted by molar-refractivity contribution is 9.10. The lowest BCUT2D eigenvalue weighted by atomic mass is 10.1. The number of hydrogen-bond acceptors (Lipinski definition) is 3. The molecule has 6 heteroatoms. The fraction of sp³-hybridized carbons (Fsp3) is 0.188. The van der Waals surface area contributed by atoms with Crippen molar-refractivity contribution in [3.8, 4) is 0 Å². The highest BCUT2D eigenvalue weighted by Gasteiger charge is 2.20. The Kier molecular flexibility index (Phi) is 5.66. The van der Waals surface area contributed by atoms with Crippen molar-refractivity contribution in [2.24, 2.45) is 5.73 Å². The molecule has 0 aliphatic heterocycles. The molecule has 0 saturated heterocycles. The summed E-state index contributed by atoms with van der Waals surface area (Å²) in [6, 6.07) is 12.2. The van der Waals surface area contributed by atoms with Gasteiger partial charge in [-0.2, -0.15) is 0 Å². The van der Waals surface area contributed by atoms with Crippen molar-refractivity contribution in [2.45, 2.75) is 18.9 Å². The maximum atomic E-state index is 12.1. The third-order valence-corrected chi connectivity index (χ3v) is 3.86. The van der Waals surface area contributed by atoms with E-state index in [1.54, 1.807) is 12.3 Å². The fourth-order valence-electron chi connectivity index (χ4n) is 2.04. The standard InChI is InChI=1S/C16H16BrN3O2/c17-15-12(7-4-8-19-15)10-13(16(18)22)20-14(21)9-11-5-2-1-3-6-11/h1-8,13H,9-10H2,(H2,18,22)(H,20,21)/t13-/m0/s1. The Labute approximate surface area is 137 Å². The van der Waals surface area contributed by atoms with E-state index < -0.39 is 11.9 Å². The lowest BCUT2D eigenvalue weighted by molar-refractivity contribution is -0.127. The van der Waals surface area contributed by atoms with Gasteiger partial charge in [-0.3, -0.25) is 9.59 Å². The smallest absolute Gasteiger partial charge is 0.240 e. The van der Waals surface area contributed by atoms with Gasteiger partial charge in [-0.25, -0.2) is 4.98 Å². The van der Waals surface area contributed by atoms with Crippen molar-refractivity contribution in [1.82, 2.24) is 10.3 Å². The highest BCUT2D eigenvalue weighted by Crippen LogP contribution is 2.14. The molecule has 2 aromatic rings. The van der Waals surface area contributed by atoms with Crippen LogP contribution in [0.2, 0.25) is 0 Å². The predicted molar refractivity (Wildman–Crippen MR) is 86.9 cm³/mol. The van der Waals surface area contributed by atoms with Gasteiger partial charge in [0.2, 0.25) is 11.8 Å². The maximum Gasteiger partial charge on any atom is 0.240 e. The second-order valence-electron chi connectivity index (χ2n) is 4.84. The number of primary amides is 1. The maximum absolute atomic E-state index is 12.1. The van der Waals surface area contributed by atoms with E-state index in [4.69, 9.17) is 5.73 Å². The number of nitrogens with one attached hydrogen (secondary N) is 1. The number of nitrogens with zero attached hydrogens (tertiary/aromatic N) is 1. The summed E-state index contributed by atoms with van der Waals surface area (Å²) in [4.78, 5) is 27.7. The monoisotopic (exact) mass is 361 g/mol. The number of hydrogen-bond donors (Lipinski definition) is 2. The van der Waals surface area contributed by atoms with E-state index in [1.165, 1.54) is 0 Å². The van der Waals surface area contributed by atoms with Gasteiger partial charge in [0.1, 0.15) is 10.6 Å². The number of halogens is 1. The van der Waals surface area contributed by atoms with Crippen LogP contribution in [-0.2, 0) is 22.4 Å². The van der Waals surface area contributed by atoms with E-state index in [-0.39, 0.29) is 12.3 Å². The molecular weight excluding hydrogens is 346 g/mol. The van der Waals surface area contributed by atoms with E-state index >= 15 is 0 Å². The Morgan fingerprint density at radius 1 is 1.18 bits per heavy atom. The molecule has 0 spiro atoms. The van der Waals surface area contributed by atoms with Gasteiger partial charge in [-0.1, -0.05) is 36.4 Å². The molecule has 0 unspecified atom stereocenters. The number of pyridine rings is 1. The summed E-state index contributed by atoms with van der Waals surface area (Å²) in [5.74, 6) is -0.813. The second-order valence-corrected chi connectivity index (χ2v) is 5.59. The summed E-state index contributed by atoms with van der Waals surface area (Å²) < 4.78 is 0.638. The zero-order chi connectivity index (χ0) is 15.9. The number of rotatable bonds is 6. The first-order valence-corrected chi connectivity index (χ1v) is 7.57. The molecule has 1 aromatic heterocycles. The first kappa shape index (κ1) is 16.2. The Morgan fingerprint density at radius 3 is 2.55 bits per heavy atom. The number of carbonyl (C=O) groups is 2. The van der Waals surface area contributed by atoms with Crippen molar-refractivity contribution in [3.05, 3.63) is 64.4 Å². The van der Waals surface area contributed by atoms with Gasteiger partial charge in [0.15, 0.2) is 0 Å². The summed E-state index contributed by atoms with van der Waals surface area (Å²) in [6.45, 7) is 0. The molecule has 22 heavy (non-hydrogen) atoms. The van der Waals surface area contributed by atoms with E-state index in [0.717, 1.165) is 11.1 Å². The quantitative estimate of drug-likeness (QED) is 0.766. The zero-order valence-corrected chi connectivity index (χ0v) is 13.4. The molecule has 2 amide bonds. The summed E-state index contributed by atoms with van der Waals surface area (Å²) in [5.41, 5.74) is 7.08. The Balaban J connectivity index is 2.01. The minimum absolute atomic E-state index is 0.207. The fourth-order valence-corrected chi connectivity index (χ4v) is 2.45. The van der Waals surface area contributed by atoms with Crippen molar-refractivity contribution in [2.75, 3.05) is 0 Å². The molecular formula is C16H16BrN3O2. The lowest BCUT2D eigenvalue weighted by Gasteiger charge is -2.16. The van der Waals surface area contributed by atoms with Crippen LogP contribution in [-0.4, -0.2) is 22.8 Å². The van der Waals surface area contributed by atoms with Gasteiger partial charge in [0, 0.05) is 12.6 Å². The van der Waals surface area contributed by atoms with Crippen LogP contribution in [0.3, 0.4) is 0 Å². The molecule has 0 bridgehead atoms. The summed E-state index contributed by atoms with van der Waals surface area (Å²) in [5, 5.41) is 2.68. The topological polar surface area (TPSA) is 85.1 Å². The van der Waals surface area contributed by atoms with Gasteiger partial charge >= 0.3 is 0 Å². The number of benzene rings is 1. The number of aromatic nitrogens is 1. The van der Waals surface area contributed by atoms with E-state index in [9.17, 15) is 9.59 Å². The van der Waals surface area contributed by atoms with Gasteiger partial charge in [-0.05, 0) is 33.1 Å². The van der Waals surface area contributed by atoms with Crippen LogP contribution in [0.1, 0.15) is 11.1 Å². The Morgan fingerprint density at radius 2 is 1.91 bits per heavy atom.